The van der Waals surface area contributed by atoms with E-state index in [1.807, 2.05) is 0 Å². The molecule has 0 N–H and O–H groups in total. The summed E-state index contributed by atoms with van der Waals surface area (Å²) in [6.07, 6.45) is 12.6. The van der Waals surface area contributed by atoms with Gasteiger partial charge in [0.15, 0.2) is 0 Å². The average Bonchev–Trinajstić information content (AvgIpc) is 2.55. The Morgan fingerprint density at radius 2 is 1.62 bits per heavy atom. The van der Waals surface area contributed by atoms with E-state index in [0.29, 0.717) is 11.8 Å². The Bertz CT molecular complexity index is 432. The summed E-state index contributed by atoms with van der Waals surface area (Å²) in [5, 5.41) is 8.97. The zero-order chi connectivity index (χ0) is 14.9. The van der Waals surface area contributed by atoms with Gasteiger partial charge in [0.05, 0.1) is 6.07 Å². The van der Waals surface area contributed by atoms with Crippen LogP contribution in [0.5, 0.6) is 0 Å². The fourth-order valence-corrected chi connectivity index (χ4v) is 3.44. The molecule has 1 nitrogen and oxygen atoms in total. The number of rotatable bonds is 7. The molecule has 21 heavy (non-hydrogen) atoms. The maximum atomic E-state index is 8.97. The maximum Gasteiger partial charge on any atom is 0.0655 e. The highest BCUT2D eigenvalue weighted by Gasteiger charge is 2.21. The largest absolute Gasteiger partial charge is 0.198 e. The summed E-state index contributed by atoms with van der Waals surface area (Å²) >= 11 is 0. The molecule has 1 fully saturated rings. The SMILES string of the molecule is CCCCCCCc1ccc(C2CCC(C#N)CC2)cc1. The summed E-state index contributed by atoms with van der Waals surface area (Å²) in [7, 11) is 0. The van der Waals surface area contributed by atoms with Gasteiger partial charge < -0.3 is 0 Å². The number of hydrogen-bond acceptors (Lipinski definition) is 1. The third-order valence-corrected chi connectivity index (χ3v) is 4.93. The molecule has 114 valence electrons. The van der Waals surface area contributed by atoms with Crippen LogP contribution in [0.1, 0.15) is 81.8 Å². The number of benzene rings is 1. The molecular weight excluding hydrogens is 254 g/mol. The van der Waals surface area contributed by atoms with Gasteiger partial charge in [-0.1, -0.05) is 56.9 Å². The van der Waals surface area contributed by atoms with Crippen LogP contribution in [0.3, 0.4) is 0 Å². The predicted molar refractivity (Wildman–Crippen MR) is 89.2 cm³/mol. The first-order chi connectivity index (χ1) is 10.3. The van der Waals surface area contributed by atoms with Crippen molar-refractivity contribution in [1.82, 2.24) is 0 Å². The van der Waals surface area contributed by atoms with Gasteiger partial charge in [-0.2, -0.15) is 5.26 Å². The van der Waals surface area contributed by atoms with Crippen molar-refractivity contribution in [2.24, 2.45) is 5.92 Å². The van der Waals surface area contributed by atoms with Crippen molar-refractivity contribution in [3.05, 3.63) is 35.4 Å². The third-order valence-electron chi connectivity index (χ3n) is 4.93. The summed E-state index contributed by atoms with van der Waals surface area (Å²) in [6.45, 7) is 2.27. The lowest BCUT2D eigenvalue weighted by molar-refractivity contribution is 0.382. The van der Waals surface area contributed by atoms with Crippen LogP contribution in [-0.4, -0.2) is 0 Å². The molecule has 0 unspecified atom stereocenters. The van der Waals surface area contributed by atoms with Crippen LogP contribution in [0.2, 0.25) is 0 Å². The van der Waals surface area contributed by atoms with Crippen LogP contribution in [0.25, 0.3) is 0 Å². The number of aryl methyl sites for hydroxylation is 1. The molecule has 0 saturated heterocycles. The zero-order valence-corrected chi connectivity index (χ0v) is 13.5. The maximum absolute atomic E-state index is 8.97. The van der Waals surface area contributed by atoms with Crippen LogP contribution in [0.15, 0.2) is 24.3 Å². The third kappa shape index (κ3) is 5.20. The van der Waals surface area contributed by atoms with Crippen molar-refractivity contribution in [1.29, 1.82) is 5.26 Å². The van der Waals surface area contributed by atoms with Crippen molar-refractivity contribution >= 4 is 0 Å². The quantitative estimate of drug-likeness (QED) is 0.563. The first-order valence-corrected chi connectivity index (χ1v) is 8.82. The second-order valence-corrected chi connectivity index (χ2v) is 6.58. The second-order valence-electron chi connectivity index (χ2n) is 6.58. The van der Waals surface area contributed by atoms with E-state index in [1.54, 1.807) is 0 Å². The summed E-state index contributed by atoms with van der Waals surface area (Å²) in [5.74, 6) is 0.997. The monoisotopic (exact) mass is 283 g/mol. The van der Waals surface area contributed by atoms with E-state index in [9.17, 15) is 0 Å². The van der Waals surface area contributed by atoms with Gasteiger partial charge >= 0.3 is 0 Å². The van der Waals surface area contributed by atoms with E-state index in [0.717, 1.165) is 12.8 Å². The zero-order valence-electron chi connectivity index (χ0n) is 13.5. The number of hydrogen-bond donors (Lipinski definition) is 0. The predicted octanol–water partition coefficient (Wildman–Crippen LogP) is 6.00. The molecule has 1 aliphatic rings. The molecule has 0 aromatic heterocycles. The molecule has 0 radical (unpaired) electrons. The van der Waals surface area contributed by atoms with Gasteiger partial charge in [-0.3, -0.25) is 0 Å². The minimum absolute atomic E-state index is 0.309. The molecule has 0 spiro atoms. The number of unbranched alkanes of at least 4 members (excludes halogenated alkanes) is 4. The standard InChI is InChI=1S/C20H29N/c1-2-3-4-5-6-7-17-8-12-19(13-9-17)20-14-10-18(16-21)11-15-20/h8-9,12-13,18,20H,2-7,10-11,14-15H2,1H3. The van der Waals surface area contributed by atoms with E-state index in [4.69, 9.17) is 5.26 Å². The van der Waals surface area contributed by atoms with Gasteiger partial charge in [0.2, 0.25) is 0 Å². The molecule has 1 aromatic rings. The highest BCUT2D eigenvalue weighted by Crippen LogP contribution is 2.35. The minimum Gasteiger partial charge on any atom is -0.198 e. The topological polar surface area (TPSA) is 23.8 Å². The van der Waals surface area contributed by atoms with Crippen LogP contribution in [-0.2, 0) is 6.42 Å². The molecule has 0 atom stereocenters. The highest BCUT2D eigenvalue weighted by molar-refractivity contribution is 5.26. The molecule has 0 aliphatic heterocycles. The Morgan fingerprint density at radius 1 is 0.952 bits per heavy atom. The van der Waals surface area contributed by atoms with Crippen LogP contribution in [0, 0.1) is 17.2 Å². The number of nitrogens with zero attached hydrogens (tertiary/aromatic N) is 1. The lowest BCUT2D eigenvalue weighted by atomic mass is 9.79. The normalized spacial score (nSPS) is 21.9. The van der Waals surface area contributed by atoms with E-state index in [-0.39, 0.29) is 0 Å². The Labute approximate surface area is 130 Å². The molecule has 1 aromatic carbocycles. The lowest BCUT2D eigenvalue weighted by Gasteiger charge is -2.25. The molecule has 0 heterocycles. The van der Waals surface area contributed by atoms with Crippen molar-refractivity contribution in [3.8, 4) is 6.07 Å². The number of nitriles is 1. The van der Waals surface area contributed by atoms with E-state index in [1.165, 1.54) is 62.5 Å². The van der Waals surface area contributed by atoms with Gasteiger partial charge in [-0.05, 0) is 55.6 Å². The summed E-state index contributed by atoms with van der Waals surface area (Å²) < 4.78 is 0. The summed E-state index contributed by atoms with van der Waals surface area (Å²) in [6, 6.07) is 11.7. The van der Waals surface area contributed by atoms with E-state index in [2.05, 4.69) is 37.3 Å². The van der Waals surface area contributed by atoms with Crippen LogP contribution >= 0.6 is 0 Å². The van der Waals surface area contributed by atoms with Gasteiger partial charge in [-0.15, -0.1) is 0 Å². The van der Waals surface area contributed by atoms with Gasteiger partial charge in [-0.25, -0.2) is 0 Å². The van der Waals surface area contributed by atoms with Crippen molar-refractivity contribution in [3.63, 3.8) is 0 Å². The van der Waals surface area contributed by atoms with Crippen molar-refractivity contribution in [2.45, 2.75) is 77.0 Å². The molecule has 1 heteroatoms. The fraction of sp³-hybridized carbons (Fsp3) is 0.650. The Kier molecular flexibility index (Phi) is 6.80. The molecule has 1 saturated carbocycles. The highest BCUT2D eigenvalue weighted by atomic mass is 14.3. The molecule has 1 aliphatic carbocycles. The molecule has 0 bridgehead atoms. The van der Waals surface area contributed by atoms with Crippen LogP contribution in [0.4, 0.5) is 0 Å². The Balaban J connectivity index is 1.76. The molecule has 2 rings (SSSR count). The Hall–Kier alpha value is -1.29. The van der Waals surface area contributed by atoms with Crippen molar-refractivity contribution < 1.29 is 0 Å². The minimum atomic E-state index is 0.309. The van der Waals surface area contributed by atoms with E-state index < -0.39 is 0 Å². The molecular formula is C20H29N. The smallest absolute Gasteiger partial charge is 0.0655 e. The first-order valence-electron chi connectivity index (χ1n) is 8.82. The van der Waals surface area contributed by atoms with Gasteiger partial charge in [0, 0.05) is 5.92 Å². The van der Waals surface area contributed by atoms with E-state index >= 15 is 0 Å². The second kappa shape index (κ2) is 8.88. The fourth-order valence-electron chi connectivity index (χ4n) is 3.44. The summed E-state index contributed by atoms with van der Waals surface area (Å²) in [4.78, 5) is 0. The first kappa shape index (κ1) is 16.1. The van der Waals surface area contributed by atoms with Gasteiger partial charge in [0.1, 0.15) is 0 Å². The molecule has 0 amide bonds. The van der Waals surface area contributed by atoms with Crippen molar-refractivity contribution in [2.75, 3.05) is 0 Å². The van der Waals surface area contributed by atoms with Gasteiger partial charge in [0.25, 0.3) is 0 Å². The van der Waals surface area contributed by atoms with Crippen LogP contribution < -0.4 is 0 Å². The summed E-state index contributed by atoms with van der Waals surface area (Å²) in [5.41, 5.74) is 2.97. The lowest BCUT2D eigenvalue weighted by Crippen LogP contribution is -2.11. The average molecular weight is 283 g/mol. The Morgan fingerprint density at radius 3 is 2.24 bits per heavy atom.